The molecule has 0 aromatic heterocycles. The van der Waals surface area contributed by atoms with E-state index in [0.717, 1.165) is 71.1 Å². The van der Waals surface area contributed by atoms with Crippen LogP contribution >= 0.6 is 0 Å². The van der Waals surface area contributed by atoms with Gasteiger partial charge in [0.1, 0.15) is 0 Å². The highest BCUT2D eigenvalue weighted by Gasteiger charge is 2.44. The predicted molar refractivity (Wildman–Crippen MR) is 117 cm³/mol. The van der Waals surface area contributed by atoms with Crippen LogP contribution in [0, 0.1) is 5.92 Å². The van der Waals surface area contributed by atoms with Crippen LogP contribution in [0.3, 0.4) is 0 Å². The number of carbonyl (C=O) groups excluding carboxylic acids is 2. The SMILES string of the molecule is O=C(C1CCCCC1)N1CCC(N2CCC(N3C(=O)N[C@H]4CCCC[C@@H]43)CC2)CC1. The first-order valence-electron chi connectivity index (χ1n) is 12.8. The molecule has 2 saturated carbocycles. The number of likely N-dealkylation sites (tertiary alicyclic amines) is 2. The van der Waals surface area contributed by atoms with Gasteiger partial charge in [-0.15, -0.1) is 0 Å². The monoisotopic (exact) mass is 416 g/mol. The molecule has 0 aromatic rings. The standard InChI is InChI=1S/C24H40N4O2/c29-23(18-6-2-1-3-7-18)27-16-10-19(11-17-27)26-14-12-20(13-15-26)28-22-9-5-4-8-21(22)25-24(28)30/h18-22H,1-17H2,(H,25,30)/t21-,22-/m0/s1. The van der Waals surface area contributed by atoms with Crippen molar-refractivity contribution in [1.29, 1.82) is 0 Å². The number of rotatable bonds is 3. The quantitative estimate of drug-likeness (QED) is 0.768. The number of hydrogen-bond acceptors (Lipinski definition) is 3. The van der Waals surface area contributed by atoms with E-state index in [1.165, 1.54) is 38.5 Å². The van der Waals surface area contributed by atoms with E-state index in [9.17, 15) is 9.59 Å². The van der Waals surface area contributed by atoms with Gasteiger partial charge in [-0.2, -0.15) is 0 Å². The van der Waals surface area contributed by atoms with E-state index in [-0.39, 0.29) is 6.03 Å². The Morgan fingerprint density at radius 3 is 2.10 bits per heavy atom. The molecule has 5 aliphatic rings. The highest BCUT2D eigenvalue weighted by Crippen LogP contribution is 2.33. The van der Waals surface area contributed by atoms with Crippen LogP contribution in [0.5, 0.6) is 0 Å². The first-order chi connectivity index (χ1) is 14.7. The lowest BCUT2D eigenvalue weighted by molar-refractivity contribution is -0.138. The van der Waals surface area contributed by atoms with Gasteiger partial charge >= 0.3 is 6.03 Å². The summed E-state index contributed by atoms with van der Waals surface area (Å²) >= 11 is 0. The van der Waals surface area contributed by atoms with E-state index >= 15 is 0 Å². The molecule has 3 saturated heterocycles. The molecular formula is C24H40N4O2. The van der Waals surface area contributed by atoms with Crippen LogP contribution in [0.1, 0.15) is 83.5 Å². The summed E-state index contributed by atoms with van der Waals surface area (Å²) in [5.41, 5.74) is 0. The molecule has 6 nitrogen and oxygen atoms in total. The Morgan fingerprint density at radius 2 is 1.37 bits per heavy atom. The number of carbonyl (C=O) groups is 2. The lowest BCUT2D eigenvalue weighted by atomic mass is 9.87. The molecule has 3 heterocycles. The summed E-state index contributed by atoms with van der Waals surface area (Å²) in [7, 11) is 0. The first kappa shape index (κ1) is 20.6. The van der Waals surface area contributed by atoms with Crippen molar-refractivity contribution >= 4 is 11.9 Å². The number of nitrogens with one attached hydrogen (secondary N) is 1. The predicted octanol–water partition coefficient (Wildman–Crippen LogP) is 3.36. The minimum atomic E-state index is 0.194. The van der Waals surface area contributed by atoms with Crippen molar-refractivity contribution < 1.29 is 9.59 Å². The fraction of sp³-hybridized carbons (Fsp3) is 0.917. The fourth-order valence-corrected chi connectivity index (χ4v) is 7.02. The maximum absolute atomic E-state index is 12.8. The zero-order valence-corrected chi connectivity index (χ0v) is 18.6. The molecule has 0 radical (unpaired) electrons. The van der Waals surface area contributed by atoms with Gasteiger partial charge in [0.25, 0.3) is 0 Å². The largest absolute Gasteiger partial charge is 0.342 e. The molecule has 0 aromatic carbocycles. The van der Waals surface area contributed by atoms with Crippen molar-refractivity contribution in [2.45, 2.75) is 108 Å². The van der Waals surface area contributed by atoms with Gasteiger partial charge in [0.05, 0.1) is 12.1 Å². The number of urea groups is 1. The summed E-state index contributed by atoms with van der Waals surface area (Å²) in [6.45, 7) is 4.09. The van der Waals surface area contributed by atoms with Gasteiger partial charge in [0, 0.05) is 44.2 Å². The van der Waals surface area contributed by atoms with Crippen LogP contribution in [0.2, 0.25) is 0 Å². The highest BCUT2D eigenvalue weighted by molar-refractivity contribution is 5.79. The molecule has 2 aliphatic carbocycles. The van der Waals surface area contributed by atoms with Crippen molar-refractivity contribution in [2.24, 2.45) is 5.92 Å². The van der Waals surface area contributed by atoms with Gasteiger partial charge in [0.15, 0.2) is 0 Å². The normalized spacial score (nSPS) is 32.9. The van der Waals surface area contributed by atoms with Crippen LogP contribution in [0.15, 0.2) is 0 Å². The van der Waals surface area contributed by atoms with Crippen LogP contribution in [0.4, 0.5) is 4.79 Å². The van der Waals surface area contributed by atoms with Gasteiger partial charge in [0.2, 0.25) is 5.91 Å². The Hall–Kier alpha value is -1.30. The summed E-state index contributed by atoms with van der Waals surface area (Å²) in [4.78, 5) is 32.5. The summed E-state index contributed by atoms with van der Waals surface area (Å²) in [6.07, 6.45) is 15.3. The second-order valence-corrected chi connectivity index (χ2v) is 10.5. The van der Waals surface area contributed by atoms with Gasteiger partial charge in [-0.05, 0) is 51.4 Å². The average molecular weight is 417 g/mol. The second-order valence-electron chi connectivity index (χ2n) is 10.5. The zero-order valence-electron chi connectivity index (χ0n) is 18.6. The zero-order chi connectivity index (χ0) is 20.5. The van der Waals surface area contributed by atoms with Crippen molar-refractivity contribution in [3.05, 3.63) is 0 Å². The highest BCUT2D eigenvalue weighted by atomic mass is 16.2. The maximum atomic E-state index is 12.8. The summed E-state index contributed by atoms with van der Waals surface area (Å²) in [5, 5.41) is 3.26. The molecule has 168 valence electrons. The van der Waals surface area contributed by atoms with Gasteiger partial charge in [-0.3, -0.25) is 4.79 Å². The molecule has 6 heteroatoms. The van der Waals surface area contributed by atoms with Gasteiger partial charge in [-0.25, -0.2) is 4.79 Å². The Kier molecular flexibility index (Phi) is 6.22. The Morgan fingerprint density at radius 1 is 0.733 bits per heavy atom. The van der Waals surface area contributed by atoms with Crippen molar-refractivity contribution in [3.63, 3.8) is 0 Å². The van der Waals surface area contributed by atoms with Crippen molar-refractivity contribution in [1.82, 2.24) is 20.0 Å². The lowest BCUT2D eigenvalue weighted by Gasteiger charge is -2.45. The molecule has 30 heavy (non-hydrogen) atoms. The molecule has 2 atom stereocenters. The third-order valence-electron chi connectivity index (χ3n) is 8.77. The van der Waals surface area contributed by atoms with Crippen LogP contribution in [0.25, 0.3) is 0 Å². The van der Waals surface area contributed by atoms with E-state index < -0.39 is 0 Å². The Labute approximate surface area is 181 Å². The molecule has 5 fully saturated rings. The molecule has 0 bridgehead atoms. The summed E-state index contributed by atoms with van der Waals surface area (Å²) in [5.74, 6) is 0.746. The van der Waals surface area contributed by atoms with Crippen LogP contribution < -0.4 is 5.32 Å². The molecule has 5 rings (SSSR count). The van der Waals surface area contributed by atoms with Crippen molar-refractivity contribution in [3.8, 4) is 0 Å². The molecule has 1 N–H and O–H groups in total. The number of nitrogens with zero attached hydrogens (tertiary/aromatic N) is 3. The van der Waals surface area contributed by atoms with Gasteiger partial charge in [-0.1, -0.05) is 32.1 Å². The van der Waals surface area contributed by atoms with E-state index in [1.54, 1.807) is 0 Å². The molecule has 0 unspecified atom stereocenters. The smallest absolute Gasteiger partial charge is 0.318 e. The van der Waals surface area contributed by atoms with E-state index in [2.05, 4.69) is 20.0 Å². The molecule has 3 amide bonds. The average Bonchev–Trinajstić information content (AvgIpc) is 3.15. The van der Waals surface area contributed by atoms with E-state index in [1.807, 2.05) is 0 Å². The number of piperidine rings is 2. The second kappa shape index (κ2) is 9.05. The molecule has 0 spiro atoms. The Bertz CT molecular complexity index is 619. The van der Waals surface area contributed by atoms with Crippen molar-refractivity contribution in [2.75, 3.05) is 26.2 Å². The first-order valence-corrected chi connectivity index (χ1v) is 12.8. The number of hydrogen-bond donors (Lipinski definition) is 1. The van der Waals surface area contributed by atoms with E-state index in [0.29, 0.717) is 36.0 Å². The third-order valence-corrected chi connectivity index (χ3v) is 8.77. The summed E-state index contributed by atoms with van der Waals surface area (Å²) in [6, 6.07) is 2.07. The van der Waals surface area contributed by atoms with Gasteiger partial charge < -0.3 is 20.0 Å². The Balaban J connectivity index is 1.09. The maximum Gasteiger partial charge on any atom is 0.318 e. The lowest BCUT2D eigenvalue weighted by Crippen LogP contribution is -2.54. The van der Waals surface area contributed by atoms with Crippen LogP contribution in [-0.2, 0) is 4.79 Å². The molecular weight excluding hydrogens is 376 g/mol. The number of amides is 3. The number of fused-ring (bicyclic) bond motifs is 1. The topological polar surface area (TPSA) is 55.9 Å². The minimum absolute atomic E-state index is 0.194. The fourth-order valence-electron chi connectivity index (χ4n) is 7.02. The van der Waals surface area contributed by atoms with Crippen LogP contribution in [-0.4, -0.2) is 77.0 Å². The van der Waals surface area contributed by atoms with E-state index in [4.69, 9.17) is 0 Å². The summed E-state index contributed by atoms with van der Waals surface area (Å²) < 4.78 is 0. The minimum Gasteiger partial charge on any atom is -0.342 e. The molecule has 3 aliphatic heterocycles. The third kappa shape index (κ3) is 4.09.